The highest BCUT2D eigenvalue weighted by atomic mass is 16.3. The molecule has 4 heterocycles. The van der Waals surface area contributed by atoms with Gasteiger partial charge in [0.25, 0.3) is 5.91 Å². The van der Waals surface area contributed by atoms with Gasteiger partial charge >= 0.3 is 0 Å². The molecule has 7 heteroatoms. The summed E-state index contributed by atoms with van der Waals surface area (Å²) in [6.07, 6.45) is 8.73. The van der Waals surface area contributed by atoms with Gasteiger partial charge in [-0.1, -0.05) is 6.07 Å². The molecule has 136 valence electrons. The fourth-order valence-electron chi connectivity index (χ4n) is 3.10. The van der Waals surface area contributed by atoms with Gasteiger partial charge in [0.05, 0.1) is 18.2 Å². The lowest BCUT2D eigenvalue weighted by Gasteiger charge is -2.07. The van der Waals surface area contributed by atoms with Crippen LogP contribution in [0.3, 0.4) is 0 Å². The number of benzene rings is 1. The van der Waals surface area contributed by atoms with Crippen LogP contribution < -0.4 is 5.32 Å². The van der Waals surface area contributed by atoms with Gasteiger partial charge in [0, 0.05) is 47.5 Å². The van der Waals surface area contributed by atoms with Crippen molar-refractivity contribution in [1.82, 2.24) is 19.7 Å². The number of nitrogens with zero attached hydrogens (tertiary/aromatic N) is 4. The molecule has 0 fully saturated rings. The Morgan fingerprint density at radius 2 is 1.89 bits per heavy atom. The average Bonchev–Trinajstić information content (AvgIpc) is 3.35. The minimum absolute atomic E-state index is 0.244. The van der Waals surface area contributed by atoms with Gasteiger partial charge in [0.2, 0.25) is 0 Å². The number of carbonyl (C=O) groups is 1. The minimum atomic E-state index is -0.244. The molecule has 28 heavy (non-hydrogen) atoms. The van der Waals surface area contributed by atoms with Crippen LogP contribution in [-0.2, 0) is 7.05 Å². The number of carbonyl (C=O) groups excluding carboxylic acids is 1. The molecule has 4 aromatic heterocycles. The van der Waals surface area contributed by atoms with Gasteiger partial charge in [-0.3, -0.25) is 14.5 Å². The van der Waals surface area contributed by atoms with E-state index in [1.165, 1.54) is 0 Å². The molecule has 7 nitrogen and oxygen atoms in total. The topological polar surface area (TPSA) is 85.8 Å². The number of rotatable bonds is 3. The van der Waals surface area contributed by atoms with Gasteiger partial charge in [-0.15, -0.1) is 0 Å². The monoisotopic (exact) mass is 369 g/mol. The molecule has 1 aromatic carbocycles. The molecule has 0 bridgehead atoms. The summed E-state index contributed by atoms with van der Waals surface area (Å²) in [5.74, 6) is 0.229. The van der Waals surface area contributed by atoms with E-state index in [1.807, 2.05) is 37.5 Å². The lowest BCUT2D eigenvalue weighted by atomic mass is 10.1. The SMILES string of the molecule is Cn1cc(-c2cc3cc(NC(=O)c4ccc5ccoc5c4)ncc3cn2)cn1. The first-order valence-corrected chi connectivity index (χ1v) is 8.69. The van der Waals surface area contributed by atoms with Crippen LogP contribution in [0.1, 0.15) is 10.4 Å². The molecule has 1 amide bonds. The Bertz CT molecular complexity index is 1340. The number of amides is 1. The Hall–Kier alpha value is -4.00. The van der Waals surface area contributed by atoms with E-state index in [4.69, 9.17) is 4.42 Å². The van der Waals surface area contributed by atoms with Crippen LogP contribution >= 0.6 is 0 Å². The van der Waals surface area contributed by atoms with Crippen molar-refractivity contribution in [2.75, 3.05) is 5.32 Å². The third-order valence-electron chi connectivity index (χ3n) is 4.56. The summed E-state index contributed by atoms with van der Waals surface area (Å²) < 4.78 is 7.10. The minimum Gasteiger partial charge on any atom is -0.464 e. The number of nitrogens with one attached hydrogen (secondary N) is 1. The quantitative estimate of drug-likeness (QED) is 0.519. The normalized spacial score (nSPS) is 11.2. The maximum Gasteiger partial charge on any atom is 0.256 e. The van der Waals surface area contributed by atoms with Gasteiger partial charge in [-0.25, -0.2) is 4.98 Å². The van der Waals surface area contributed by atoms with Crippen molar-refractivity contribution < 1.29 is 9.21 Å². The number of furan rings is 1. The summed E-state index contributed by atoms with van der Waals surface area (Å²) in [7, 11) is 1.86. The molecule has 0 aliphatic heterocycles. The maximum atomic E-state index is 12.6. The van der Waals surface area contributed by atoms with Crippen molar-refractivity contribution >= 4 is 33.5 Å². The number of anilines is 1. The zero-order chi connectivity index (χ0) is 19.1. The number of pyridine rings is 2. The molecule has 5 rings (SSSR count). The molecule has 0 radical (unpaired) electrons. The lowest BCUT2D eigenvalue weighted by molar-refractivity contribution is 0.102. The van der Waals surface area contributed by atoms with Gasteiger partial charge in [-0.2, -0.15) is 5.10 Å². The van der Waals surface area contributed by atoms with Crippen molar-refractivity contribution in [1.29, 1.82) is 0 Å². The molecule has 0 unspecified atom stereocenters. The van der Waals surface area contributed by atoms with E-state index in [-0.39, 0.29) is 5.91 Å². The Balaban J connectivity index is 1.45. The van der Waals surface area contributed by atoms with E-state index in [1.54, 1.807) is 41.7 Å². The number of aryl methyl sites for hydroxylation is 1. The third-order valence-corrected chi connectivity index (χ3v) is 4.56. The van der Waals surface area contributed by atoms with E-state index in [0.717, 1.165) is 27.4 Å². The number of fused-ring (bicyclic) bond motifs is 2. The van der Waals surface area contributed by atoms with Gasteiger partial charge in [0.1, 0.15) is 11.4 Å². The summed E-state index contributed by atoms with van der Waals surface area (Å²) in [6, 6.07) is 11.0. The summed E-state index contributed by atoms with van der Waals surface area (Å²) in [4.78, 5) is 21.4. The van der Waals surface area contributed by atoms with Crippen LogP contribution in [0, 0.1) is 0 Å². The van der Waals surface area contributed by atoms with Crippen LogP contribution in [0.5, 0.6) is 0 Å². The van der Waals surface area contributed by atoms with Crippen molar-refractivity contribution in [3.63, 3.8) is 0 Å². The molecule has 0 atom stereocenters. The molecular formula is C21H15N5O2. The highest BCUT2D eigenvalue weighted by Gasteiger charge is 2.10. The van der Waals surface area contributed by atoms with Gasteiger partial charge < -0.3 is 9.73 Å². The second-order valence-electron chi connectivity index (χ2n) is 6.52. The number of hydrogen-bond donors (Lipinski definition) is 1. The van der Waals surface area contributed by atoms with E-state index in [9.17, 15) is 4.79 Å². The lowest BCUT2D eigenvalue weighted by Crippen LogP contribution is -2.12. The van der Waals surface area contributed by atoms with Gasteiger partial charge in [0.15, 0.2) is 0 Å². The van der Waals surface area contributed by atoms with Crippen LogP contribution in [-0.4, -0.2) is 25.7 Å². The first kappa shape index (κ1) is 16.2. The Labute approximate surface area is 159 Å². The number of aromatic nitrogens is 4. The van der Waals surface area contributed by atoms with E-state index < -0.39 is 0 Å². The second-order valence-corrected chi connectivity index (χ2v) is 6.52. The fraction of sp³-hybridized carbons (Fsp3) is 0.0476. The van der Waals surface area contributed by atoms with Gasteiger partial charge in [-0.05, 0) is 35.7 Å². The highest BCUT2D eigenvalue weighted by molar-refractivity contribution is 6.06. The molecule has 0 spiro atoms. The molecular weight excluding hydrogens is 354 g/mol. The smallest absolute Gasteiger partial charge is 0.256 e. The molecule has 0 aliphatic carbocycles. The van der Waals surface area contributed by atoms with E-state index in [2.05, 4.69) is 20.4 Å². The van der Waals surface area contributed by atoms with E-state index >= 15 is 0 Å². The van der Waals surface area contributed by atoms with Crippen LogP contribution in [0.4, 0.5) is 5.82 Å². The maximum absolute atomic E-state index is 12.6. The van der Waals surface area contributed by atoms with Crippen molar-refractivity contribution in [2.45, 2.75) is 0 Å². The van der Waals surface area contributed by atoms with E-state index in [0.29, 0.717) is 17.0 Å². The first-order valence-electron chi connectivity index (χ1n) is 8.69. The standard InChI is InChI=1S/C21H15N5O2/c1-26-12-17(11-24-26)18-6-15-8-20(23-10-16(15)9-22-18)25-21(27)14-3-2-13-4-5-28-19(13)7-14/h2-12H,1H3,(H,23,25,27). The summed E-state index contributed by atoms with van der Waals surface area (Å²) >= 11 is 0. The molecule has 1 N–H and O–H groups in total. The second kappa shape index (κ2) is 6.31. The predicted octanol–water partition coefficient (Wildman–Crippen LogP) is 4.03. The van der Waals surface area contributed by atoms with Crippen molar-refractivity contribution in [2.24, 2.45) is 7.05 Å². The molecule has 5 aromatic rings. The van der Waals surface area contributed by atoms with Crippen molar-refractivity contribution in [3.8, 4) is 11.3 Å². The summed E-state index contributed by atoms with van der Waals surface area (Å²) in [5.41, 5.74) is 2.92. The molecule has 0 aliphatic rings. The predicted molar refractivity (Wildman–Crippen MR) is 106 cm³/mol. The number of hydrogen-bond acceptors (Lipinski definition) is 5. The largest absolute Gasteiger partial charge is 0.464 e. The zero-order valence-electron chi connectivity index (χ0n) is 15.0. The average molecular weight is 369 g/mol. The highest BCUT2D eigenvalue weighted by Crippen LogP contribution is 2.23. The zero-order valence-corrected chi connectivity index (χ0v) is 15.0. The first-order chi connectivity index (χ1) is 13.7. The van der Waals surface area contributed by atoms with Crippen LogP contribution in [0.15, 0.2) is 71.9 Å². The summed E-state index contributed by atoms with van der Waals surface area (Å²) in [5, 5.41) is 9.80. The Morgan fingerprint density at radius 3 is 2.75 bits per heavy atom. The van der Waals surface area contributed by atoms with Crippen molar-refractivity contribution in [3.05, 3.63) is 73.0 Å². The van der Waals surface area contributed by atoms with Crippen LogP contribution in [0.25, 0.3) is 33.0 Å². The molecule has 0 saturated carbocycles. The Kier molecular flexibility index (Phi) is 3.65. The molecule has 0 saturated heterocycles. The fourth-order valence-corrected chi connectivity index (χ4v) is 3.10. The summed E-state index contributed by atoms with van der Waals surface area (Å²) in [6.45, 7) is 0. The Morgan fingerprint density at radius 1 is 1.00 bits per heavy atom. The van der Waals surface area contributed by atoms with Crippen LogP contribution in [0.2, 0.25) is 0 Å². The third kappa shape index (κ3) is 2.88.